The molecule has 0 atom stereocenters. The SMILES string of the molecule is O=C(COC(=O)/C=C/c1ccc2c(c1)OCCO2)NCCOc1ccccc1. The molecular formula is C21H21NO6. The predicted octanol–water partition coefficient (Wildman–Crippen LogP) is 2.21. The van der Waals surface area contributed by atoms with Gasteiger partial charge in [-0.05, 0) is 35.9 Å². The van der Waals surface area contributed by atoms with Crippen LogP contribution < -0.4 is 19.5 Å². The molecule has 1 N–H and O–H groups in total. The van der Waals surface area contributed by atoms with Gasteiger partial charge in [-0.2, -0.15) is 0 Å². The van der Waals surface area contributed by atoms with E-state index in [4.69, 9.17) is 18.9 Å². The first kappa shape index (κ1) is 19.3. The fourth-order valence-corrected chi connectivity index (χ4v) is 2.44. The highest BCUT2D eigenvalue weighted by molar-refractivity contribution is 5.89. The monoisotopic (exact) mass is 383 g/mol. The third-order valence-corrected chi connectivity index (χ3v) is 3.76. The Bertz CT molecular complexity index is 834. The Morgan fingerprint density at radius 3 is 2.64 bits per heavy atom. The van der Waals surface area contributed by atoms with Crippen molar-refractivity contribution in [2.45, 2.75) is 0 Å². The Morgan fingerprint density at radius 2 is 1.82 bits per heavy atom. The molecule has 7 heteroatoms. The molecule has 1 aliphatic rings. The highest BCUT2D eigenvalue weighted by Crippen LogP contribution is 2.31. The predicted molar refractivity (Wildman–Crippen MR) is 102 cm³/mol. The average molecular weight is 383 g/mol. The molecule has 1 heterocycles. The summed E-state index contributed by atoms with van der Waals surface area (Å²) < 4.78 is 21.3. The lowest BCUT2D eigenvalue weighted by molar-refractivity contribution is -0.143. The molecule has 3 rings (SSSR count). The lowest BCUT2D eigenvalue weighted by Gasteiger charge is -2.18. The smallest absolute Gasteiger partial charge is 0.331 e. The van der Waals surface area contributed by atoms with Gasteiger partial charge in [0.15, 0.2) is 18.1 Å². The van der Waals surface area contributed by atoms with Crippen LogP contribution in [-0.4, -0.2) is 44.8 Å². The van der Waals surface area contributed by atoms with Crippen LogP contribution in [0.3, 0.4) is 0 Å². The van der Waals surface area contributed by atoms with Gasteiger partial charge in [-0.3, -0.25) is 4.79 Å². The van der Waals surface area contributed by atoms with Crippen LogP contribution in [0.5, 0.6) is 17.2 Å². The molecule has 0 aromatic heterocycles. The Hall–Kier alpha value is -3.48. The van der Waals surface area contributed by atoms with Crippen LogP contribution >= 0.6 is 0 Å². The van der Waals surface area contributed by atoms with Crippen molar-refractivity contribution in [3.8, 4) is 17.2 Å². The molecule has 146 valence electrons. The zero-order valence-electron chi connectivity index (χ0n) is 15.3. The molecule has 2 aromatic rings. The fraction of sp³-hybridized carbons (Fsp3) is 0.238. The Balaban J connectivity index is 1.34. The Morgan fingerprint density at radius 1 is 1.04 bits per heavy atom. The maximum Gasteiger partial charge on any atom is 0.331 e. The largest absolute Gasteiger partial charge is 0.492 e. The van der Waals surface area contributed by atoms with Crippen molar-refractivity contribution in [2.75, 3.05) is 33.0 Å². The molecule has 0 saturated heterocycles. The number of amides is 1. The van der Waals surface area contributed by atoms with E-state index in [0.717, 1.165) is 11.3 Å². The van der Waals surface area contributed by atoms with Crippen molar-refractivity contribution < 1.29 is 28.5 Å². The molecule has 0 fully saturated rings. The first-order chi connectivity index (χ1) is 13.7. The molecule has 0 radical (unpaired) electrons. The second-order valence-electron chi connectivity index (χ2n) is 5.86. The van der Waals surface area contributed by atoms with Crippen LogP contribution in [-0.2, 0) is 14.3 Å². The third-order valence-electron chi connectivity index (χ3n) is 3.76. The van der Waals surface area contributed by atoms with E-state index in [2.05, 4.69) is 5.32 Å². The van der Waals surface area contributed by atoms with E-state index in [1.54, 1.807) is 24.3 Å². The highest BCUT2D eigenvalue weighted by atomic mass is 16.6. The summed E-state index contributed by atoms with van der Waals surface area (Å²) in [6.07, 6.45) is 2.85. The Labute approximate surface area is 162 Å². The number of carbonyl (C=O) groups is 2. The molecular weight excluding hydrogens is 362 g/mol. The van der Waals surface area contributed by atoms with E-state index in [1.165, 1.54) is 6.08 Å². The van der Waals surface area contributed by atoms with Crippen LogP contribution in [0.2, 0.25) is 0 Å². The summed E-state index contributed by atoms with van der Waals surface area (Å²) in [7, 11) is 0. The molecule has 0 saturated carbocycles. The van der Waals surface area contributed by atoms with Gasteiger partial charge in [0, 0.05) is 6.08 Å². The number of benzene rings is 2. The minimum Gasteiger partial charge on any atom is -0.492 e. The molecule has 2 aromatic carbocycles. The maximum atomic E-state index is 11.8. The van der Waals surface area contributed by atoms with Gasteiger partial charge in [-0.25, -0.2) is 4.79 Å². The second kappa shape index (κ2) is 10.0. The lowest BCUT2D eigenvalue weighted by Crippen LogP contribution is -2.31. The summed E-state index contributed by atoms with van der Waals surface area (Å²) in [5, 5.41) is 2.62. The summed E-state index contributed by atoms with van der Waals surface area (Å²) in [5.74, 6) is 1.05. The molecule has 1 amide bonds. The van der Waals surface area contributed by atoms with Crippen LogP contribution in [0.25, 0.3) is 6.08 Å². The van der Waals surface area contributed by atoms with E-state index in [1.807, 2.05) is 30.3 Å². The van der Waals surface area contributed by atoms with Crippen LogP contribution in [0.1, 0.15) is 5.56 Å². The standard InChI is InChI=1S/C21H21NO6/c23-20(22-10-11-25-17-4-2-1-3-5-17)15-28-21(24)9-7-16-6-8-18-19(14-16)27-13-12-26-18/h1-9,14H,10-13,15H2,(H,22,23)/b9-7+. The second-order valence-corrected chi connectivity index (χ2v) is 5.86. The number of fused-ring (bicyclic) bond motifs is 1. The van der Waals surface area contributed by atoms with Gasteiger partial charge in [0.25, 0.3) is 5.91 Å². The van der Waals surface area contributed by atoms with Crippen LogP contribution in [0, 0.1) is 0 Å². The van der Waals surface area contributed by atoms with E-state index in [0.29, 0.717) is 37.9 Å². The van der Waals surface area contributed by atoms with Gasteiger partial charge in [0.2, 0.25) is 0 Å². The molecule has 28 heavy (non-hydrogen) atoms. The van der Waals surface area contributed by atoms with Crippen LogP contribution in [0.15, 0.2) is 54.6 Å². The summed E-state index contributed by atoms with van der Waals surface area (Å²) in [4.78, 5) is 23.5. The van der Waals surface area contributed by atoms with Crippen molar-refractivity contribution in [3.05, 3.63) is 60.2 Å². The number of para-hydroxylation sites is 1. The minimum atomic E-state index is -0.606. The normalized spacial score (nSPS) is 12.4. The first-order valence-electron chi connectivity index (χ1n) is 8.90. The number of nitrogens with one attached hydrogen (secondary N) is 1. The highest BCUT2D eigenvalue weighted by Gasteiger charge is 2.11. The fourth-order valence-electron chi connectivity index (χ4n) is 2.44. The van der Waals surface area contributed by atoms with Gasteiger partial charge in [0.05, 0.1) is 6.54 Å². The van der Waals surface area contributed by atoms with Gasteiger partial charge in [0.1, 0.15) is 25.6 Å². The van der Waals surface area contributed by atoms with Crippen molar-refractivity contribution in [2.24, 2.45) is 0 Å². The number of ether oxygens (including phenoxy) is 4. The summed E-state index contributed by atoms with van der Waals surface area (Å²) >= 11 is 0. The molecule has 0 bridgehead atoms. The van der Waals surface area contributed by atoms with Crippen molar-refractivity contribution in [1.29, 1.82) is 0 Å². The quantitative estimate of drug-likeness (QED) is 0.428. The zero-order chi connectivity index (χ0) is 19.6. The Kier molecular flexibility index (Phi) is 6.89. The van der Waals surface area contributed by atoms with Gasteiger partial charge in [-0.15, -0.1) is 0 Å². The van der Waals surface area contributed by atoms with E-state index < -0.39 is 11.9 Å². The molecule has 0 aliphatic carbocycles. The number of esters is 1. The summed E-state index contributed by atoms with van der Waals surface area (Å²) in [6.45, 7) is 1.31. The molecule has 1 aliphatic heterocycles. The molecule has 0 unspecified atom stereocenters. The lowest BCUT2D eigenvalue weighted by atomic mass is 10.2. The minimum absolute atomic E-state index is 0.318. The first-order valence-corrected chi connectivity index (χ1v) is 8.90. The number of hydrogen-bond acceptors (Lipinski definition) is 6. The number of rotatable bonds is 8. The van der Waals surface area contributed by atoms with Gasteiger partial charge in [-0.1, -0.05) is 24.3 Å². The van der Waals surface area contributed by atoms with E-state index in [9.17, 15) is 9.59 Å². The molecule has 7 nitrogen and oxygen atoms in total. The average Bonchev–Trinajstić information content (AvgIpc) is 2.74. The van der Waals surface area contributed by atoms with E-state index in [-0.39, 0.29) is 6.61 Å². The van der Waals surface area contributed by atoms with Crippen molar-refractivity contribution in [3.63, 3.8) is 0 Å². The molecule has 0 spiro atoms. The summed E-state index contributed by atoms with van der Waals surface area (Å²) in [5.41, 5.74) is 0.767. The van der Waals surface area contributed by atoms with Crippen molar-refractivity contribution in [1.82, 2.24) is 5.32 Å². The zero-order valence-corrected chi connectivity index (χ0v) is 15.3. The number of hydrogen-bond donors (Lipinski definition) is 1. The topological polar surface area (TPSA) is 83.1 Å². The van der Waals surface area contributed by atoms with Crippen LogP contribution in [0.4, 0.5) is 0 Å². The van der Waals surface area contributed by atoms with E-state index >= 15 is 0 Å². The van der Waals surface area contributed by atoms with Gasteiger partial charge < -0.3 is 24.3 Å². The third kappa shape index (κ3) is 6.05. The number of carbonyl (C=O) groups excluding carboxylic acids is 2. The summed E-state index contributed by atoms with van der Waals surface area (Å²) in [6, 6.07) is 14.6. The maximum absolute atomic E-state index is 11.8. The van der Waals surface area contributed by atoms with Gasteiger partial charge >= 0.3 is 5.97 Å². The van der Waals surface area contributed by atoms with Crippen molar-refractivity contribution >= 4 is 18.0 Å².